The summed E-state index contributed by atoms with van der Waals surface area (Å²) in [7, 11) is 0. The number of amides is 1. The van der Waals surface area contributed by atoms with E-state index < -0.39 is 0 Å². The van der Waals surface area contributed by atoms with Gasteiger partial charge in [0.05, 0.1) is 0 Å². The van der Waals surface area contributed by atoms with Crippen LogP contribution in [0.1, 0.15) is 56.8 Å². The van der Waals surface area contributed by atoms with Gasteiger partial charge >= 0.3 is 0 Å². The minimum Gasteiger partial charge on any atom is -0.484 e. The fraction of sp³-hybridized carbons (Fsp3) is 0.579. The average molecular weight is 317 g/mol. The van der Waals surface area contributed by atoms with E-state index in [0.29, 0.717) is 29.6 Å². The van der Waals surface area contributed by atoms with E-state index in [1.165, 1.54) is 12.8 Å². The van der Waals surface area contributed by atoms with Crippen molar-refractivity contribution in [1.82, 2.24) is 5.32 Å². The first kappa shape index (κ1) is 17.5. The first-order chi connectivity index (χ1) is 11.0. The number of nitrogens with one attached hydrogen (secondary N) is 1. The van der Waals surface area contributed by atoms with Crippen LogP contribution in [0, 0.1) is 11.8 Å². The number of rotatable bonds is 6. The van der Waals surface area contributed by atoms with Gasteiger partial charge in [-0.2, -0.15) is 0 Å². The number of Topliss-reactive ketones (excluding diaryl/α,β-unsaturated/α-hetero) is 1. The maximum absolute atomic E-state index is 12.1. The van der Waals surface area contributed by atoms with E-state index in [2.05, 4.69) is 19.2 Å². The first-order valence-corrected chi connectivity index (χ1v) is 8.56. The van der Waals surface area contributed by atoms with Crippen LogP contribution in [0.3, 0.4) is 0 Å². The average Bonchev–Trinajstić information content (AvgIpc) is 2.57. The van der Waals surface area contributed by atoms with Crippen molar-refractivity contribution in [1.29, 1.82) is 0 Å². The Labute approximate surface area is 138 Å². The summed E-state index contributed by atoms with van der Waals surface area (Å²) in [6.45, 7) is 6.31. The predicted molar refractivity (Wildman–Crippen MR) is 90.7 cm³/mol. The van der Waals surface area contributed by atoms with Crippen molar-refractivity contribution in [3.05, 3.63) is 29.8 Å². The van der Waals surface area contributed by atoms with Crippen LogP contribution in [0.15, 0.2) is 24.3 Å². The van der Waals surface area contributed by atoms with Gasteiger partial charge in [-0.15, -0.1) is 0 Å². The lowest BCUT2D eigenvalue weighted by atomic mass is 9.78. The SMILES string of the molecule is CCC(=O)c1ccc(OCC(=O)N[C@H]2CCC[C@@H](C)[C@@H]2C)cc1. The maximum Gasteiger partial charge on any atom is 0.258 e. The molecule has 0 aliphatic heterocycles. The molecule has 0 aromatic heterocycles. The summed E-state index contributed by atoms with van der Waals surface area (Å²) >= 11 is 0. The summed E-state index contributed by atoms with van der Waals surface area (Å²) in [6.07, 6.45) is 3.95. The van der Waals surface area contributed by atoms with Gasteiger partial charge in [-0.1, -0.05) is 33.6 Å². The van der Waals surface area contributed by atoms with Gasteiger partial charge in [0.2, 0.25) is 0 Å². The molecule has 1 aliphatic rings. The normalized spacial score (nSPS) is 24.0. The highest BCUT2D eigenvalue weighted by Gasteiger charge is 2.28. The summed E-state index contributed by atoms with van der Waals surface area (Å²) < 4.78 is 5.52. The monoisotopic (exact) mass is 317 g/mol. The molecule has 4 nitrogen and oxygen atoms in total. The van der Waals surface area contributed by atoms with Crippen LogP contribution >= 0.6 is 0 Å². The zero-order valence-corrected chi connectivity index (χ0v) is 14.3. The molecule has 4 heteroatoms. The standard InChI is InChI=1S/C19H27NO3/c1-4-18(21)15-8-10-16(11-9-15)23-12-19(22)20-17-7-5-6-13(2)14(17)3/h8-11,13-14,17H,4-7,12H2,1-3H3,(H,20,22)/t13-,14+,17+/m1/s1. The highest BCUT2D eigenvalue weighted by atomic mass is 16.5. The second-order valence-corrected chi connectivity index (χ2v) is 6.53. The largest absolute Gasteiger partial charge is 0.484 e. The molecule has 1 N–H and O–H groups in total. The number of carbonyl (C=O) groups excluding carboxylic acids is 2. The molecule has 2 rings (SSSR count). The Kier molecular flexibility index (Phi) is 6.20. The summed E-state index contributed by atoms with van der Waals surface area (Å²) in [5.41, 5.74) is 0.675. The van der Waals surface area contributed by atoms with E-state index in [9.17, 15) is 9.59 Å². The molecule has 0 bridgehead atoms. The van der Waals surface area contributed by atoms with Gasteiger partial charge < -0.3 is 10.1 Å². The third-order valence-electron chi connectivity index (χ3n) is 4.92. The number of carbonyl (C=O) groups is 2. The van der Waals surface area contributed by atoms with Crippen molar-refractivity contribution in [2.75, 3.05) is 6.61 Å². The van der Waals surface area contributed by atoms with Gasteiger partial charge in [0.1, 0.15) is 5.75 Å². The summed E-state index contributed by atoms with van der Waals surface area (Å²) in [6, 6.07) is 7.20. The molecule has 1 aliphatic carbocycles. The quantitative estimate of drug-likeness (QED) is 0.816. The molecule has 1 aromatic carbocycles. The summed E-state index contributed by atoms with van der Waals surface area (Å²) in [4.78, 5) is 23.6. The van der Waals surface area contributed by atoms with Gasteiger partial charge in [-0.3, -0.25) is 9.59 Å². The van der Waals surface area contributed by atoms with E-state index in [1.807, 2.05) is 6.92 Å². The van der Waals surface area contributed by atoms with Gasteiger partial charge in [-0.25, -0.2) is 0 Å². The lowest BCUT2D eigenvalue weighted by Gasteiger charge is -2.34. The Morgan fingerprint density at radius 3 is 2.52 bits per heavy atom. The van der Waals surface area contributed by atoms with E-state index in [0.717, 1.165) is 6.42 Å². The van der Waals surface area contributed by atoms with E-state index in [4.69, 9.17) is 4.74 Å². The molecule has 1 amide bonds. The van der Waals surface area contributed by atoms with Crippen molar-refractivity contribution in [3.63, 3.8) is 0 Å². The molecule has 126 valence electrons. The molecule has 1 fully saturated rings. The molecular weight excluding hydrogens is 290 g/mol. The molecule has 3 atom stereocenters. The lowest BCUT2D eigenvalue weighted by Crippen LogP contribution is -2.45. The van der Waals surface area contributed by atoms with Crippen LogP contribution in [-0.2, 0) is 4.79 Å². The number of benzene rings is 1. The molecule has 23 heavy (non-hydrogen) atoms. The number of ether oxygens (including phenoxy) is 1. The number of hydrogen-bond acceptors (Lipinski definition) is 3. The topological polar surface area (TPSA) is 55.4 Å². The van der Waals surface area contributed by atoms with Crippen molar-refractivity contribution in [3.8, 4) is 5.75 Å². The van der Waals surface area contributed by atoms with Crippen LogP contribution in [0.5, 0.6) is 5.75 Å². The van der Waals surface area contributed by atoms with Crippen LogP contribution in [-0.4, -0.2) is 24.3 Å². The third kappa shape index (κ3) is 4.81. The number of ketones is 1. The van der Waals surface area contributed by atoms with E-state index in [-0.39, 0.29) is 24.3 Å². The van der Waals surface area contributed by atoms with E-state index in [1.54, 1.807) is 24.3 Å². The smallest absolute Gasteiger partial charge is 0.258 e. The first-order valence-electron chi connectivity index (χ1n) is 8.56. The number of hydrogen-bond donors (Lipinski definition) is 1. The lowest BCUT2D eigenvalue weighted by molar-refractivity contribution is -0.124. The van der Waals surface area contributed by atoms with Crippen LogP contribution < -0.4 is 10.1 Å². The molecule has 0 unspecified atom stereocenters. The minimum absolute atomic E-state index is 0.0126. The molecule has 1 saturated carbocycles. The zero-order valence-electron chi connectivity index (χ0n) is 14.3. The maximum atomic E-state index is 12.1. The molecular formula is C19H27NO3. The molecule has 1 aromatic rings. The highest BCUT2D eigenvalue weighted by molar-refractivity contribution is 5.95. The Morgan fingerprint density at radius 2 is 1.87 bits per heavy atom. The Hall–Kier alpha value is -1.84. The Morgan fingerprint density at radius 1 is 1.17 bits per heavy atom. The predicted octanol–water partition coefficient (Wildman–Crippen LogP) is 3.60. The van der Waals surface area contributed by atoms with Crippen molar-refractivity contribution < 1.29 is 14.3 Å². The minimum atomic E-state index is -0.0790. The van der Waals surface area contributed by atoms with Gasteiger partial charge in [0.15, 0.2) is 12.4 Å². The fourth-order valence-electron chi connectivity index (χ4n) is 3.12. The van der Waals surface area contributed by atoms with Crippen molar-refractivity contribution in [2.45, 2.75) is 52.5 Å². The highest BCUT2D eigenvalue weighted by Crippen LogP contribution is 2.29. The van der Waals surface area contributed by atoms with Gasteiger partial charge in [-0.05, 0) is 42.5 Å². The Balaban J connectivity index is 1.81. The van der Waals surface area contributed by atoms with Gasteiger partial charge in [0.25, 0.3) is 5.91 Å². The van der Waals surface area contributed by atoms with Gasteiger partial charge in [0, 0.05) is 18.0 Å². The van der Waals surface area contributed by atoms with Crippen LogP contribution in [0.25, 0.3) is 0 Å². The molecule has 0 saturated heterocycles. The van der Waals surface area contributed by atoms with E-state index >= 15 is 0 Å². The second-order valence-electron chi connectivity index (χ2n) is 6.53. The molecule has 0 spiro atoms. The van der Waals surface area contributed by atoms with Crippen LogP contribution in [0.4, 0.5) is 0 Å². The van der Waals surface area contributed by atoms with Crippen molar-refractivity contribution in [2.24, 2.45) is 11.8 Å². The zero-order chi connectivity index (χ0) is 16.8. The summed E-state index contributed by atoms with van der Waals surface area (Å²) in [5, 5.41) is 3.09. The molecule has 0 radical (unpaired) electrons. The third-order valence-corrected chi connectivity index (χ3v) is 4.92. The van der Waals surface area contributed by atoms with Crippen LogP contribution in [0.2, 0.25) is 0 Å². The fourth-order valence-corrected chi connectivity index (χ4v) is 3.12. The molecule has 0 heterocycles. The van der Waals surface area contributed by atoms with Crippen molar-refractivity contribution >= 4 is 11.7 Å². The Bertz CT molecular complexity index is 538. The second kappa shape index (κ2) is 8.14. The summed E-state index contributed by atoms with van der Waals surface area (Å²) in [5.74, 6) is 1.79.